The summed E-state index contributed by atoms with van der Waals surface area (Å²) in [4.78, 5) is 11.6. The lowest BCUT2D eigenvalue weighted by Gasteiger charge is -2.17. The molecule has 0 saturated carbocycles. The van der Waals surface area contributed by atoms with E-state index in [1.807, 2.05) is 27.7 Å². The van der Waals surface area contributed by atoms with E-state index in [2.05, 4.69) is 5.32 Å². The van der Waals surface area contributed by atoms with Crippen LogP contribution in [0.2, 0.25) is 0 Å². The Morgan fingerprint density at radius 1 is 1.17 bits per heavy atom. The van der Waals surface area contributed by atoms with Gasteiger partial charge in [0.25, 0.3) is 0 Å². The number of hydrogen-bond donors (Lipinski definition) is 3. The number of Topliss-reactive ketones (excluding diaryl/α,β-unsaturated/α-hetero) is 1. The molecule has 2 unspecified atom stereocenters. The highest BCUT2D eigenvalue weighted by Gasteiger charge is 2.43. The molecule has 0 amide bonds. The Morgan fingerprint density at radius 2 is 1.72 bits per heavy atom. The van der Waals surface area contributed by atoms with Crippen LogP contribution in [-0.4, -0.2) is 53.0 Å². The van der Waals surface area contributed by atoms with Gasteiger partial charge in [-0.2, -0.15) is 0 Å². The lowest BCUT2D eigenvalue weighted by molar-refractivity contribution is -0.125. The van der Waals surface area contributed by atoms with Gasteiger partial charge in [-0.15, -0.1) is 0 Å². The highest BCUT2D eigenvalue weighted by atomic mass is 16.5. The van der Waals surface area contributed by atoms with Gasteiger partial charge in [0, 0.05) is 24.9 Å². The molecule has 0 bridgehead atoms. The zero-order valence-electron chi connectivity index (χ0n) is 11.6. The Labute approximate surface area is 109 Å². The van der Waals surface area contributed by atoms with Crippen molar-refractivity contribution in [2.24, 2.45) is 5.92 Å². The molecule has 5 heteroatoms. The minimum atomic E-state index is -0.980. The normalized spacial score (nSPS) is 32.4. The first-order valence-corrected chi connectivity index (χ1v) is 6.60. The maximum absolute atomic E-state index is 11.6. The summed E-state index contributed by atoms with van der Waals surface area (Å²) in [5.74, 6) is -0.0329. The predicted molar refractivity (Wildman–Crippen MR) is 68.3 cm³/mol. The summed E-state index contributed by atoms with van der Waals surface area (Å²) in [6.07, 6.45) is -2.79. The molecule has 0 aliphatic carbocycles. The van der Waals surface area contributed by atoms with Crippen molar-refractivity contribution in [3.63, 3.8) is 0 Å². The summed E-state index contributed by atoms with van der Waals surface area (Å²) in [5, 5.41) is 22.9. The Kier molecular flexibility index (Phi) is 5.72. The van der Waals surface area contributed by atoms with E-state index in [1.54, 1.807) is 0 Å². The van der Waals surface area contributed by atoms with Gasteiger partial charge in [-0.25, -0.2) is 0 Å². The van der Waals surface area contributed by atoms with Crippen molar-refractivity contribution >= 4 is 5.78 Å². The molecule has 18 heavy (non-hydrogen) atoms. The van der Waals surface area contributed by atoms with E-state index in [1.165, 1.54) is 0 Å². The number of ketones is 1. The zero-order valence-corrected chi connectivity index (χ0v) is 11.6. The van der Waals surface area contributed by atoms with Crippen molar-refractivity contribution in [1.82, 2.24) is 5.32 Å². The van der Waals surface area contributed by atoms with Gasteiger partial charge < -0.3 is 20.3 Å². The third-order valence-corrected chi connectivity index (χ3v) is 3.23. The third kappa shape index (κ3) is 4.02. The van der Waals surface area contributed by atoms with Gasteiger partial charge in [-0.3, -0.25) is 4.79 Å². The second-order valence-electron chi connectivity index (χ2n) is 5.58. The molecule has 1 aliphatic heterocycles. The summed E-state index contributed by atoms with van der Waals surface area (Å²) < 4.78 is 5.57. The molecule has 1 fully saturated rings. The van der Waals surface area contributed by atoms with Crippen LogP contribution >= 0.6 is 0 Å². The number of rotatable bonds is 6. The first kappa shape index (κ1) is 15.6. The van der Waals surface area contributed by atoms with Gasteiger partial charge in [0.15, 0.2) is 0 Å². The second-order valence-corrected chi connectivity index (χ2v) is 5.58. The van der Waals surface area contributed by atoms with Gasteiger partial charge in [-0.05, 0) is 0 Å². The average molecular weight is 259 g/mol. The molecule has 3 N–H and O–H groups in total. The highest BCUT2D eigenvalue weighted by molar-refractivity contribution is 5.80. The van der Waals surface area contributed by atoms with Gasteiger partial charge in [0.05, 0.1) is 12.2 Å². The number of carbonyl (C=O) groups excluding carboxylic acids is 1. The van der Waals surface area contributed by atoms with E-state index in [4.69, 9.17) is 4.74 Å². The fourth-order valence-electron chi connectivity index (χ4n) is 1.95. The van der Waals surface area contributed by atoms with Crippen LogP contribution in [0.25, 0.3) is 0 Å². The van der Waals surface area contributed by atoms with Crippen molar-refractivity contribution in [3.05, 3.63) is 0 Å². The van der Waals surface area contributed by atoms with Crippen LogP contribution in [0.15, 0.2) is 0 Å². The molecule has 1 aliphatic rings. The zero-order chi connectivity index (χ0) is 13.9. The van der Waals surface area contributed by atoms with Gasteiger partial charge in [-0.1, -0.05) is 27.7 Å². The molecule has 5 nitrogen and oxygen atoms in total. The highest BCUT2D eigenvalue weighted by Crippen LogP contribution is 2.24. The Bertz CT molecular complexity index is 280. The molecule has 106 valence electrons. The maximum Gasteiger partial charge on any atom is 0.138 e. The lowest BCUT2D eigenvalue weighted by Crippen LogP contribution is -2.40. The number of hydrogen-bond acceptors (Lipinski definition) is 5. The average Bonchev–Trinajstić information content (AvgIpc) is 2.54. The largest absolute Gasteiger partial charge is 0.388 e. The minimum Gasteiger partial charge on any atom is -0.388 e. The van der Waals surface area contributed by atoms with Crippen LogP contribution in [-0.2, 0) is 9.53 Å². The smallest absolute Gasteiger partial charge is 0.138 e. The van der Waals surface area contributed by atoms with Crippen molar-refractivity contribution in [3.8, 4) is 0 Å². The number of nitrogens with one attached hydrogen (secondary N) is 1. The van der Waals surface area contributed by atoms with E-state index in [9.17, 15) is 15.0 Å². The lowest BCUT2D eigenvalue weighted by atomic mass is 9.99. The molecule has 0 aromatic heterocycles. The van der Waals surface area contributed by atoms with E-state index in [-0.39, 0.29) is 24.2 Å². The molecule has 0 radical (unpaired) electrons. The first-order chi connectivity index (χ1) is 8.32. The Hall–Kier alpha value is -0.490. The number of aliphatic hydroxyl groups excluding tert-OH is 2. The van der Waals surface area contributed by atoms with Crippen molar-refractivity contribution in [2.75, 3.05) is 6.54 Å². The molecule has 1 saturated heterocycles. The maximum atomic E-state index is 11.6. The third-order valence-electron chi connectivity index (χ3n) is 3.23. The minimum absolute atomic E-state index is 0.0451. The molecule has 1 heterocycles. The van der Waals surface area contributed by atoms with Crippen LogP contribution < -0.4 is 5.32 Å². The van der Waals surface area contributed by atoms with Gasteiger partial charge in [0.2, 0.25) is 0 Å². The standard InChI is InChI=1S/C13H25NO4/c1-7(2)9(15)5-10-12(16)13(17)11(18-10)6-14-8(3)4/h7-8,10-14,16-17H,5-6H2,1-4H3/t10-,11-,12?,13?/m1/s1. The Morgan fingerprint density at radius 3 is 2.22 bits per heavy atom. The number of carbonyl (C=O) groups is 1. The van der Waals surface area contributed by atoms with Crippen LogP contribution in [0.1, 0.15) is 34.1 Å². The van der Waals surface area contributed by atoms with Crippen molar-refractivity contribution in [1.29, 1.82) is 0 Å². The molecule has 4 atom stereocenters. The summed E-state index contributed by atoms with van der Waals surface area (Å²) >= 11 is 0. The van der Waals surface area contributed by atoms with E-state index < -0.39 is 24.4 Å². The summed E-state index contributed by atoms with van der Waals surface area (Å²) in [5.41, 5.74) is 0. The fourth-order valence-corrected chi connectivity index (χ4v) is 1.95. The fraction of sp³-hybridized carbons (Fsp3) is 0.923. The Balaban J connectivity index is 2.50. The SMILES string of the molecule is CC(C)NC[C@H]1O[C@H](CC(=O)C(C)C)C(O)C1O. The topological polar surface area (TPSA) is 78.8 Å². The molecule has 0 spiro atoms. The monoisotopic (exact) mass is 259 g/mol. The van der Waals surface area contributed by atoms with Crippen molar-refractivity contribution in [2.45, 2.75) is 64.6 Å². The first-order valence-electron chi connectivity index (χ1n) is 6.60. The van der Waals surface area contributed by atoms with Crippen molar-refractivity contribution < 1.29 is 19.7 Å². The summed E-state index contributed by atoms with van der Waals surface area (Å²) in [6.45, 7) is 8.10. The molecule has 0 aromatic carbocycles. The van der Waals surface area contributed by atoms with Gasteiger partial charge >= 0.3 is 0 Å². The number of ether oxygens (including phenoxy) is 1. The second kappa shape index (κ2) is 6.61. The molecule has 1 rings (SSSR count). The summed E-state index contributed by atoms with van der Waals surface area (Å²) in [7, 11) is 0. The summed E-state index contributed by atoms with van der Waals surface area (Å²) in [6, 6.07) is 0.286. The molecular formula is C13H25NO4. The molecular weight excluding hydrogens is 234 g/mol. The van der Waals surface area contributed by atoms with E-state index in [0.29, 0.717) is 6.54 Å². The van der Waals surface area contributed by atoms with Crippen LogP contribution in [0.3, 0.4) is 0 Å². The number of aliphatic hydroxyl groups is 2. The van der Waals surface area contributed by atoms with Crippen LogP contribution in [0.5, 0.6) is 0 Å². The van der Waals surface area contributed by atoms with Crippen LogP contribution in [0.4, 0.5) is 0 Å². The van der Waals surface area contributed by atoms with E-state index in [0.717, 1.165) is 0 Å². The quantitative estimate of drug-likeness (QED) is 0.630. The molecule has 0 aromatic rings. The van der Waals surface area contributed by atoms with E-state index >= 15 is 0 Å². The van der Waals surface area contributed by atoms with Gasteiger partial charge in [0.1, 0.15) is 18.0 Å². The predicted octanol–water partition coefficient (Wildman–Crippen LogP) is 0.0888. The van der Waals surface area contributed by atoms with Crippen LogP contribution in [0, 0.1) is 5.92 Å².